The molecule has 0 aliphatic carbocycles. The van der Waals surface area contributed by atoms with E-state index in [4.69, 9.17) is 11.2 Å². The number of likely N-dealkylation sites (N-methyl/N-ethyl adjacent to an activating group) is 1. The maximum absolute atomic E-state index is 11.4. The lowest BCUT2D eigenvalue weighted by Crippen LogP contribution is -2.34. The van der Waals surface area contributed by atoms with Crippen LogP contribution in [0.2, 0.25) is 0 Å². The average Bonchev–Trinajstić information content (AvgIpc) is 2.71. The molecule has 168 valence electrons. The van der Waals surface area contributed by atoms with Crippen LogP contribution < -0.4 is 16.0 Å². The van der Waals surface area contributed by atoms with Crippen molar-refractivity contribution in [2.75, 3.05) is 66.6 Å². The predicted molar refractivity (Wildman–Crippen MR) is 123 cm³/mol. The highest BCUT2D eigenvalue weighted by Crippen LogP contribution is 1.96. The fourth-order valence-corrected chi connectivity index (χ4v) is 2.07. The molecule has 0 aliphatic rings. The van der Waals surface area contributed by atoms with E-state index in [0.29, 0.717) is 19.8 Å². The lowest BCUT2D eigenvalue weighted by Gasteiger charge is -2.16. The molecule has 6 nitrogen and oxygen atoms in total. The Labute approximate surface area is 175 Å². The minimum absolute atomic E-state index is 0.0891. The SMILES string of the molecule is C#CCOCCN(C)CCCCCNC(=O)CNCCC.CC.CCCNC. The van der Waals surface area contributed by atoms with E-state index in [-0.39, 0.29) is 5.91 Å². The number of amides is 1. The van der Waals surface area contributed by atoms with E-state index in [1.807, 2.05) is 20.9 Å². The van der Waals surface area contributed by atoms with Crippen molar-refractivity contribution in [3.05, 3.63) is 0 Å². The van der Waals surface area contributed by atoms with Crippen LogP contribution in [0.4, 0.5) is 0 Å². The lowest BCUT2D eigenvalue weighted by atomic mass is 10.2. The Morgan fingerprint density at radius 3 is 2.25 bits per heavy atom. The highest BCUT2D eigenvalue weighted by Gasteiger charge is 2.00. The second kappa shape index (κ2) is 30.6. The second-order valence-corrected chi connectivity index (χ2v) is 6.25. The molecule has 0 saturated heterocycles. The summed E-state index contributed by atoms with van der Waals surface area (Å²) in [5, 5.41) is 9.03. The molecule has 0 fully saturated rings. The number of terminal acetylenes is 1. The van der Waals surface area contributed by atoms with Gasteiger partial charge in [-0.3, -0.25) is 4.79 Å². The number of nitrogens with one attached hydrogen (secondary N) is 3. The van der Waals surface area contributed by atoms with Gasteiger partial charge in [-0.25, -0.2) is 0 Å². The van der Waals surface area contributed by atoms with Crippen LogP contribution >= 0.6 is 0 Å². The highest BCUT2D eigenvalue weighted by molar-refractivity contribution is 5.77. The topological polar surface area (TPSA) is 65.6 Å². The van der Waals surface area contributed by atoms with E-state index in [1.54, 1.807) is 0 Å². The third kappa shape index (κ3) is 32.5. The fourth-order valence-electron chi connectivity index (χ4n) is 2.07. The van der Waals surface area contributed by atoms with Crippen LogP contribution in [0.3, 0.4) is 0 Å². The number of carbonyl (C=O) groups is 1. The van der Waals surface area contributed by atoms with Crippen LogP contribution in [-0.4, -0.2) is 77.4 Å². The van der Waals surface area contributed by atoms with Gasteiger partial charge in [-0.1, -0.05) is 40.0 Å². The van der Waals surface area contributed by atoms with Gasteiger partial charge >= 0.3 is 0 Å². The minimum atomic E-state index is 0.0891. The Morgan fingerprint density at radius 1 is 1.04 bits per heavy atom. The summed E-state index contributed by atoms with van der Waals surface area (Å²) in [4.78, 5) is 13.7. The second-order valence-electron chi connectivity index (χ2n) is 6.25. The number of unbranched alkanes of at least 4 members (excludes halogenated alkanes) is 2. The van der Waals surface area contributed by atoms with Crippen LogP contribution in [0.25, 0.3) is 0 Å². The zero-order valence-corrected chi connectivity index (χ0v) is 19.5. The first-order chi connectivity index (χ1) is 13.6. The smallest absolute Gasteiger partial charge is 0.233 e. The van der Waals surface area contributed by atoms with Crippen LogP contribution in [0, 0.1) is 12.3 Å². The van der Waals surface area contributed by atoms with Crippen LogP contribution in [0.1, 0.15) is 59.8 Å². The normalized spacial score (nSPS) is 9.64. The van der Waals surface area contributed by atoms with Gasteiger partial charge in [0.05, 0.1) is 13.2 Å². The van der Waals surface area contributed by atoms with Gasteiger partial charge in [0.2, 0.25) is 5.91 Å². The molecule has 28 heavy (non-hydrogen) atoms. The van der Waals surface area contributed by atoms with Crippen molar-refractivity contribution in [1.29, 1.82) is 0 Å². The van der Waals surface area contributed by atoms with Crippen molar-refractivity contribution in [3.8, 4) is 12.3 Å². The molecule has 1 amide bonds. The molecule has 0 heterocycles. The summed E-state index contributed by atoms with van der Waals surface area (Å²) >= 11 is 0. The van der Waals surface area contributed by atoms with E-state index < -0.39 is 0 Å². The highest BCUT2D eigenvalue weighted by atomic mass is 16.5. The van der Waals surface area contributed by atoms with Crippen molar-refractivity contribution in [1.82, 2.24) is 20.9 Å². The van der Waals surface area contributed by atoms with E-state index in [0.717, 1.165) is 58.4 Å². The Kier molecular flexibility index (Phi) is 34.5. The summed E-state index contributed by atoms with van der Waals surface area (Å²) in [5.74, 6) is 2.54. The number of carbonyl (C=O) groups excluding carboxylic acids is 1. The number of rotatable bonds is 16. The number of hydrogen-bond donors (Lipinski definition) is 3. The number of ether oxygens (including phenoxy) is 1. The summed E-state index contributed by atoms with van der Waals surface area (Å²) in [6, 6.07) is 0. The predicted octanol–water partition coefficient (Wildman–Crippen LogP) is 2.50. The maximum Gasteiger partial charge on any atom is 0.233 e. The molecule has 0 spiro atoms. The first kappa shape index (κ1) is 31.6. The molecule has 6 heteroatoms. The summed E-state index contributed by atoms with van der Waals surface area (Å²) in [6.45, 7) is 14.5. The zero-order chi connectivity index (χ0) is 21.9. The zero-order valence-electron chi connectivity index (χ0n) is 19.5. The van der Waals surface area contributed by atoms with Gasteiger partial charge in [-0.05, 0) is 59.4 Å². The summed E-state index contributed by atoms with van der Waals surface area (Å²) < 4.78 is 5.23. The monoisotopic (exact) mass is 400 g/mol. The van der Waals surface area contributed by atoms with Crippen molar-refractivity contribution in [2.24, 2.45) is 0 Å². The van der Waals surface area contributed by atoms with E-state index in [9.17, 15) is 4.79 Å². The van der Waals surface area contributed by atoms with Crippen LogP contribution in [0.5, 0.6) is 0 Å². The number of nitrogens with zero attached hydrogens (tertiary/aromatic N) is 1. The van der Waals surface area contributed by atoms with E-state index >= 15 is 0 Å². The number of hydrogen-bond acceptors (Lipinski definition) is 5. The summed E-state index contributed by atoms with van der Waals surface area (Å²) in [5.41, 5.74) is 0. The summed E-state index contributed by atoms with van der Waals surface area (Å²) in [7, 11) is 4.05. The van der Waals surface area contributed by atoms with Crippen LogP contribution in [-0.2, 0) is 9.53 Å². The third-order valence-electron chi connectivity index (χ3n) is 3.55. The fraction of sp³-hybridized carbons (Fsp3) is 0.864. The van der Waals surface area contributed by atoms with Gasteiger partial charge in [-0.2, -0.15) is 0 Å². The molecule has 0 unspecified atom stereocenters. The van der Waals surface area contributed by atoms with Gasteiger partial charge in [0.1, 0.15) is 6.61 Å². The van der Waals surface area contributed by atoms with Gasteiger partial charge in [0, 0.05) is 13.1 Å². The third-order valence-corrected chi connectivity index (χ3v) is 3.55. The Bertz CT molecular complexity index is 331. The van der Waals surface area contributed by atoms with Gasteiger partial charge in [-0.15, -0.1) is 6.42 Å². The molecule has 0 rings (SSSR count). The molecule has 0 radical (unpaired) electrons. The summed E-state index contributed by atoms with van der Waals surface area (Å²) in [6.07, 6.45) is 10.7. The Hall–Kier alpha value is -1.13. The molecule has 0 aromatic rings. The van der Waals surface area contributed by atoms with Crippen molar-refractivity contribution < 1.29 is 9.53 Å². The molecule has 3 N–H and O–H groups in total. The van der Waals surface area contributed by atoms with Gasteiger partial charge in [0.15, 0.2) is 0 Å². The molecular formula is C22H48N4O2. The van der Waals surface area contributed by atoms with Crippen molar-refractivity contribution in [2.45, 2.75) is 59.8 Å². The standard InChI is InChI=1S/C16H31N3O2.C4H11N.C2H6/c1-4-9-17-15-16(20)18-10-7-6-8-11-19(3)12-14-21-13-5-2;1-3-4-5-2;1-2/h2,17H,4,6-15H2,1,3H3,(H,18,20);5H,3-4H2,1-2H3;1-2H3. The van der Waals surface area contributed by atoms with Gasteiger partial charge in [0.25, 0.3) is 0 Å². The van der Waals surface area contributed by atoms with E-state index in [2.05, 4.69) is 47.7 Å². The lowest BCUT2D eigenvalue weighted by molar-refractivity contribution is -0.120. The molecule has 0 saturated carbocycles. The average molecular weight is 401 g/mol. The van der Waals surface area contributed by atoms with Gasteiger partial charge < -0.3 is 25.6 Å². The molecule has 0 aliphatic heterocycles. The quantitative estimate of drug-likeness (QED) is 0.274. The largest absolute Gasteiger partial charge is 0.367 e. The Morgan fingerprint density at radius 2 is 1.71 bits per heavy atom. The minimum Gasteiger partial charge on any atom is -0.367 e. The molecule has 0 aromatic heterocycles. The first-order valence-electron chi connectivity index (χ1n) is 10.9. The first-order valence-corrected chi connectivity index (χ1v) is 10.9. The van der Waals surface area contributed by atoms with Crippen molar-refractivity contribution in [3.63, 3.8) is 0 Å². The van der Waals surface area contributed by atoms with Crippen molar-refractivity contribution >= 4 is 5.91 Å². The molecular weight excluding hydrogens is 352 g/mol. The molecule has 0 atom stereocenters. The molecule has 0 aromatic carbocycles. The van der Waals surface area contributed by atoms with E-state index in [1.165, 1.54) is 6.42 Å². The van der Waals surface area contributed by atoms with Crippen LogP contribution in [0.15, 0.2) is 0 Å². The Balaban J connectivity index is -0.000000767. The molecule has 0 bridgehead atoms. The maximum atomic E-state index is 11.4.